The van der Waals surface area contributed by atoms with E-state index in [0.29, 0.717) is 38.1 Å². The highest BCUT2D eigenvalue weighted by Crippen LogP contribution is 2.19. The molecule has 10 nitrogen and oxygen atoms in total. The minimum Gasteiger partial charge on any atom is -0.368 e. The van der Waals surface area contributed by atoms with Crippen molar-refractivity contribution in [1.82, 2.24) is 25.2 Å². The Hall–Kier alpha value is -3.43. The second-order valence-electron chi connectivity index (χ2n) is 6.42. The predicted molar refractivity (Wildman–Crippen MR) is 98.7 cm³/mol. The van der Waals surface area contributed by atoms with E-state index in [1.165, 1.54) is 0 Å². The molecule has 2 aliphatic rings. The van der Waals surface area contributed by atoms with Gasteiger partial charge in [0.25, 0.3) is 0 Å². The molecule has 2 aromatic rings. The van der Waals surface area contributed by atoms with Gasteiger partial charge in [-0.1, -0.05) is 30.3 Å². The molecule has 1 aromatic heterocycles. The molecule has 0 bridgehead atoms. The van der Waals surface area contributed by atoms with Crippen LogP contribution in [0.3, 0.4) is 0 Å². The summed E-state index contributed by atoms with van der Waals surface area (Å²) in [6, 6.07) is 9.32. The van der Waals surface area contributed by atoms with Crippen LogP contribution in [0.1, 0.15) is 5.56 Å². The van der Waals surface area contributed by atoms with Crippen molar-refractivity contribution in [2.24, 2.45) is 0 Å². The molecular weight excluding hydrogens is 348 g/mol. The zero-order valence-electron chi connectivity index (χ0n) is 14.6. The van der Waals surface area contributed by atoms with E-state index in [1.54, 1.807) is 4.90 Å². The highest BCUT2D eigenvalue weighted by Gasteiger charge is 2.39. The first-order valence-electron chi connectivity index (χ1n) is 8.71. The minimum atomic E-state index is -0.543. The Morgan fingerprint density at radius 1 is 1.15 bits per heavy atom. The number of hydrogen-bond donors (Lipinski definition) is 3. The Morgan fingerprint density at radius 3 is 2.78 bits per heavy atom. The van der Waals surface area contributed by atoms with Crippen LogP contribution in [0.15, 0.2) is 30.3 Å². The molecule has 2 amide bonds. The Morgan fingerprint density at radius 2 is 1.96 bits per heavy atom. The van der Waals surface area contributed by atoms with Crippen LogP contribution >= 0.6 is 0 Å². The van der Waals surface area contributed by atoms with E-state index in [4.69, 9.17) is 5.73 Å². The van der Waals surface area contributed by atoms with Gasteiger partial charge in [-0.25, -0.2) is 0 Å². The molecule has 2 aliphatic heterocycles. The van der Waals surface area contributed by atoms with Gasteiger partial charge in [0.05, 0.1) is 13.1 Å². The molecule has 4 rings (SSSR count). The second kappa shape index (κ2) is 7.06. The third kappa shape index (κ3) is 3.59. The molecule has 1 aromatic carbocycles. The van der Waals surface area contributed by atoms with Crippen molar-refractivity contribution in [2.45, 2.75) is 12.6 Å². The van der Waals surface area contributed by atoms with E-state index in [0.717, 1.165) is 5.56 Å². The molecule has 3 heterocycles. The van der Waals surface area contributed by atoms with Crippen molar-refractivity contribution >= 4 is 29.7 Å². The Balaban J connectivity index is 1.49. The van der Waals surface area contributed by atoms with Gasteiger partial charge in [-0.15, -0.1) is 0 Å². The fourth-order valence-electron chi connectivity index (χ4n) is 3.25. The van der Waals surface area contributed by atoms with Crippen LogP contribution in [-0.4, -0.2) is 63.9 Å². The highest BCUT2D eigenvalue weighted by atomic mass is 16.2. The summed E-state index contributed by atoms with van der Waals surface area (Å²) in [6.45, 7) is 1.89. The van der Waals surface area contributed by atoms with Gasteiger partial charge in [0.15, 0.2) is 0 Å². The third-order valence-corrected chi connectivity index (χ3v) is 4.63. The van der Waals surface area contributed by atoms with Crippen molar-refractivity contribution in [3.8, 4) is 0 Å². The number of anilines is 3. The summed E-state index contributed by atoms with van der Waals surface area (Å²) < 4.78 is 0. The fourth-order valence-corrected chi connectivity index (χ4v) is 3.25. The Kier molecular flexibility index (Phi) is 4.45. The number of hydrogen-bond acceptors (Lipinski definition) is 8. The molecule has 1 atom stereocenters. The number of carbonyl (C=O) groups is 2. The summed E-state index contributed by atoms with van der Waals surface area (Å²) in [5, 5.41) is 5.76. The van der Waals surface area contributed by atoms with Crippen molar-refractivity contribution in [3.63, 3.8) is 0 Å². The molecule has 1 unspecified atom stereocenters. The number of aromatic nitrogens is 3. The number of fused-ring (bicyclic) bond motifs is 1. The average molecular weight is 368 g/mol. The van der Waals surface area contributed by atoms with Crippen molar-refractivity contribution in [3.05, 3.63) is 35.9 Å². The standard InChI is InChI=1S/C17H20N8O2/c18-15-21-16(20-8-11-4-2-1-3-5-11)23-17(22-15)24-6-7-25-12(10-24)14(27)19-9-13(25)26/h1-5,12H,6-10H2,(H,19,27)(H3,18,20,21,22,23). The normalized spacial score (nSPS) is 19.5. The number of carbonyl (C=O) groups excluding carboxylic acids is 2. The topological polar surface area (TPSA) is 129 Å². The van der Waals surface area contributed by atoms with E-state index in [1.807, 2.05) is 35.2 Å². The van der Waals surface area contributed by atoms with Gasteiger partial charge in [0.1, 0.15) is 6.04 Å². The first-order valence-corrected chi connectivity index (χ1v) is 8.71. The molecule has 27 heavy (non-hydrogen) atoms. The number of piperazine rings is 2. The summed E-state index contributed by atoms with van der Waals surface area (Å²) in [5.41, 5.74) is 6.93. The van der Waals surface area contributed by atoms with Crippen molar-refractivity contribution in [2.75, 3.05) is 42.1 Å². The highest BCUT2D eigenvalue weighted by molar-refractivity contribution is 5.95. The first kappa shape index (κ1) is 17.0. The molecule has 2 saturated heterocycles. The molecule has 4 N–H and O–H groups in total. The quantitative estimate of drug-likeness (QED) is 0.640. The molecular formula is C17H20N8O2. The van der Waals surface area contributed by atoms with E-state index < -0.39 is 6.04 Å². The number of rotatable bonds is 4. The lowest BCUT2D eigenvalue weighted by Crippen LogP contribution is -2.66. The van der Waals surface area contributed by atoms with Crippen LogP contribution in [0.4, 0.5) is 17.8 Å². The fraction of sp³-hybridized carbons (Fsp3) is 0.353. The minimum absolute atomic E-state index is 0.0571. The maximum Gasteiger partial charge on any atom is 0.245 e. The molecule has 0 saturated carbocycles. The van der Waals surface area contributed by atoms with Crippen LogP contribution in [0.25, 0.3) is 0 Å². The van der Waals surface area contributed by atoms with E-state index in [-0.39, 0.29) is 24.3 Å². The number of amides is 2. The second-order valence-corrected chi connectivity index (χ2v) is 6.42. The lowest BCUT2D eigenvalue weighted by Gasteiger charge is -2.42. The SMILES string of the molecule is Nc1nc(NCc2ccccc2)nc(N2CCN3C(=O)CNC(=O)C3C2)n1. The van der Waals surface area contributed by atoms with Crippen LogP contribution in [0.5, 0.6) is 0 Å². The molecule has 2 fully saturated rings. The van der Waals surface area contributed by atoms with Crippen LogP contribution in [-0.2, 0) is 16.1 Å². The number of nitrogen functional groups attached to an aromatic ring is 1. The Bertz CT molecular complexity index is 859. The lowest BCUT2D eigenvalue weighted by molar-refractivity contribution is -0.146. The number of nitrogens with two attached hydrogens (primary N) is 1. The van der Waals surface area contributed by atoms with Crippen molar-refractivity contribution < 1.29 is 9.59 Å². The number of benzene rings is 1. The van der Waals surface area contributed by atoms with E-state index >= 15 is 0 Å². The lowest BCUT2D eigenvalue weighted by atomic mass is 10.1. The molecule has 0 spiro atoms. The third-order valence-electron chi connectivity index (χ3n) is 4.63. The molecule has 0 radical (unpaired) electrons. The molecule has 140 valence electrons. The monoisotopic (exact) mass is 368 g/mol. The van der Waals surface area contributed by atoms with Gasteiger partial charge < -0.3 is 26.2 Å². The largest absolute Gasteiger partial charge is 0.368 e. The zero-order chi connectivity index (χ0) is 18.8. The smallest absolute Gasteiger partial charge is 0.245 e. The van der Waals surface area contributed by atoms with Gasteiger partial charge in [-0.05, 0) is 5.56 Å². The molecule has 10 heteroatoms. The maximum atomic E-state index is 12.1. The van der Waals surface area contributed by atoms with Gasteiger partial charge in [-0.2, -0.15) is 15.0 Å². The maximum absolute atomic E-state index is 12.1. The molecule has 0 aliphatic carbocycles. The van der Waals surface area contributed by atoms with Gasteiger partial charge in [-0.3, -0.25) is 9.59 Å². The van der Waals surface area contributed by atoms with Crippen LogP contribution < -0.4 is 21.3 Å². The number of nitrogens with zero attached hydrogens (tertiary/aromatic N) is 5. The Labute approximate surface area is 155 Å². The van der Waals surface area contributed by atoms with Crippen LogP contribution in [0, 0.1) is 0 Å². The van der Waals surface area contributed by atoms with E-state index in [2.05, 4.69) is 25.6 Å². The van der Waals surface area contributed by atoms with E-state index in [9.17, 15) is 9.59 Å². The summed E-state index contributed by atoms with van der Waals surface area (Å²) >= 11 is 0. The summed E-state index contributed by atoms with van der Waals surface area (Å²) in [4.78, 5) is 40.3. The average Bonchev–Trinajstić information content (AvgIpc) is 2.69. The van der Waals surface area contributed by atoms with Gasteiger partial charge in [0.2, 0.25) is 29.7 Å². The van der Waals surface area contributed by atoms with Gasteiger partial charge >= 0.3 is 0 Å². The number of nitrogens with one attached hydrogen (secondary N) is 2. The summed E-state index contributed by atoms with van der Waals surface area (Å²) in [6.07, 6.45) is 0. The van der Waals surface area contributed by atoms with Crippen LogP contribution in [0.2, 0.25) is 0 Å². The van der Waals surface area contributed by atoms with Crippen molar-refractivity contribution in [1.29, 1.82) is 0 Å². The van der Waals surface area contributed by atoms with Gasteiger partial charge in [0, 0.05) is 19.6 Å². The first-order chi connectivity index (χ1) is 13.1. The zero-order valence-corrected chi connectivity index (χ0v) is 14.6. The summed E-state index contributed by atoms with van der Waals surface area (Å²) in [7, 11) is 0. The summed E-state index contributed by atoms with van der Waals surface area (Å²) in [5.74, 6) is 0.627. The predicted octanol–water partition coefficient (Wildman–Crippen LogP) is -0.787.